The highest BCUT2D eigenvalue weighted by atomic mass is 35.5. The molecule has 0 saturated carbocycles. The van der Waals surface area contributed by atoms with Gasteiger partial charge in [0.25, 0.3) is 5.91 Å². The van der Waals surface area contributed by atoms with E-state index in [2.05, 4.69) is 16.0 Å². The Kier molecular flexibility index (Phi) is 7.92. The van der Waals surface area contributed by atoms with Crippen molar-refractivity contribution in [1.29, 1.82) is 0 Å². The summed E-state index contributed by atoms with van der Waals surface area (Å²) in [5, 5.41) is 8.75. The minimum atomic E-state index is -0.464. The van der Waals surface area contributed by atoms with Gasteiger partial charge in [-0.05, 0) is 42.8 Å². The summed E-state index contributed by atoms with van der Waals surface area (Å²) in [5.41, 5.74) is 1.65. The largest absolute Gasteiger partial charge is 0.375 e. The molecule has 3 rings (SSSR count). The molecular formula is C20H23ClFN3O3. The molecule has 0 bridgehead atoms. The number of hydrogen-bond acceptors (Lipinski definition) is 4. The van der Waals surface area contributed by atoms with Crippen molar-refractivity contribution in [3.8, 4) is 0 Å². The number of benzene rings is 2. The average Bonchev–Trinajstić information content (AvgIpc) is 2.67. The normalized spacial score (nSPS) is 18.6. The minimum absolute atomic E-state index is 0. The highest BCUT2D eigenvalue weighted by molar-refractivity contribution is 6.04. The Morgan fingerprint density at radius 3 is 2.75 bits per heavy atom. The molecule has 1 heterocycles. The molecule has 1 aliphatic heterocycles. The van der Waals surface area contributed by atoms with E-state index in [1.807, 2.05) is 13.0 Å². The fourth-order valence-electron chi connectivity index (χ4n) is 2.92. The van der Waals surface area contributed by atoms with Crippen LogP contribution in [0.5, 0.6) is 0 Å². The minimum Gasteiger partial charge on any atom is -0.375 e. The first-order chi connectivity index (χ1) is 13.0. The summed E-state index contributed by atoms with van der Waals surface area (Å²) in [5.74, 6) is -0.988. The number of nitrogens with one attached hydrogen (secondary N) is 3. The van der Waals surface area contributed by atoms with Gasteiger partial charge in [0.1, 0.15) is 11.9 Å². The summed E-state index contributed by atoms with van der Waals surface area (Å²) in [6, 6.07) is 12.3. The van der Waals surface area contributed by atoms with Gasteiger partial charge in [0.05, 0.1) is 12.7 Å². The number of rotatable bonds is 5. The lowest BCUT2D eigenvalue weighted by molar-refractivity contribution is -0.129. The number of carbonyl (C=O) groups is 2. The number of morpholine rings is 1. The molecule has 1 saturated heterocycles. The van der Waals surface area contributed by atoms with Gasteiger partial charge in [-0.3, -0.25) is 9.59 Å². The van der Waals surface area contributed by atoms with E-state index in [1.54, 1.807) is 24.3 Å². The van der Waals surface area contributed by atoms with E-state index < -0.39 is 11.7 Å². The van der Waals surface area contributed by atoms with Crippen LogP contribution in [0.1, 0.15) is 22.8 Å². The van der Waals surface area contributed by atoms with Crippen molar-refractivity contribution >= 4 is 29.9 Å². The van der Waals surface area contributed by atoms with E-state index in [9.17, 15) is 14.0 Å². The Morgan fingerprint density at radius 1 is 1.21 bits per heavy atom. The van der Waals surface area contributed by atoms with Gasteiger partial charge in [-0.2, -0.15) is 0 Å². The quantitative estimate of drug-likeness (QED) is 0.711. The summed E-state index contributed by atoms with van der Waals surface area (Å²) in [6.07, 6.45) is -0.185. The lowest BCUT2D eigenvalue weighted by atomic mass is 10.1. The topological polar surface area (TPSA) is 79.5 Å². The van der Waals surface area contributed by atoms with E-state index in [1.165, 1.54) is 18.2 Å². The van der Waals surface area contributed by atoms with Crippen LogP contribution in [0, 0.1) is 5.82 Å². The molecule has 2 atom stereocenters. The van der Waals surface area contributed by atoms with Crippen LogP contribution in [-0.2, 0) is 16.1 Å². The number of anilines is 1. The lowest BCUT2D eigenvalue weighted by Gasteiger charge is -2.29. The van der Waals surface area contributed by atoms with Gasteiger partial charge in [-0.25, -0.2) is 4.39 Å². The molecule has 28 heavy (non-hydrogen) atoms. The van der Waals surface area contributed by atoms with Crippen LogP contribution in [0.4, 0.5) is 10.1 Å². The zero-order valence-corrected chi connectivity index (χ0v) is 16.2. The average molecular weight is 408 g/mol. The summed E-state index contributed by atoms with van der Waals surface area (Å²) in [4.78, 5) is 24.5. The molecule has 1 aliphatic rings. The third-order valence-corrected chi connectivity index (χ3v) is 4.34. The Balaban J connectivity index is 0.00000280. The number of halogens is 2. The van der Waals surface area contributed by atoms with Crippen molar-refractivity contribution in [3.63, 3.8) is 0 Å². The van der Waals surface area contributed by atoms with Gasteiger partial charge in [-0.1, -0.05) is 18.2 Å². The molecule has 3 N–H and O–H groups in total. The monoisotopic (exact) mass is 407 g/mol. The van der Waals surface area contributed by atoms with E-state index >= 15 is 0 Å². The molecular weight excluding hydrogens is 385 g/mol. The fraction of sp³-hybridized carbons (Fsp3) is 0.300. The molecule has 0 spiro atoms. The van der Waals surface area contributed by atoms with Gasteiger partial charge in [0, 0.05) is 24.3 Å². The SMILES string of the molecule is C[C@H]1OCCN[C@@H]1C(=O)NCc1cccc(NC(=O)c2cccc(F)c2)c1.Cl. The molecule has 0 radical (unpaired) electrons. The van der Waals surface area contributed by atoms with Crippen LogP contribution in [0.15, 0.2) is 48.5 Å². The Labute approximate surface area is 169 Å². The van der Waals surface area contributed by atoms with Crippen LogP contribution in [0.2, 0.25) is 0 Å². The van der Waals surface area contributed by atoms with Gasteiger partial charge in [0.15, 0.2) is 0 Å². The predicted octanol–water partition coefficient (Wildman–Crippen LogP) is 2.49. The van der Waals surface area contributed by atoms with Gasteiger partial charge in [-0.15, -0.1) is 12.4 Å². The number of amides is 2. The number of hydrogen-bond donors (Lipinski definition) is 3. The maximum Gasteiger partial charge on any atom is 0.255 e. The molecule has 2 aromatic rings. The molecule has 2 aromatic carbocycles. The first-order valence-electron chi connectivity index (χ1n) is 8.81. The van der Waals surface area contributed by atoms with E-state index in [4.69, 9.17) is 4.74 Å². The molecule has 0 aromatic heterocycles. The molecule has 0 aliphatic carbocycles. The number of ether oxygens (including phenoxy) is 1. The second-order valence-electron chi connectivity index (χ2n) is 6.39. The zero-order chi connectivity index (χ0) is 19.2. The van der Waals surface area contributed by atoms with Crippen molar-refractivity contribution in [1.82, 2.24) is 10.6 Å². The first-order valence-corrected chi connectivity index (χ1v) is 8.81. The van der Waals surface area contributed by atoms with Crippen molar-refractivity contribution in [2.24, 2.45) is 0 Å². The smallest absolute Gasteiger partial charge is 0.255 e. The van der Waals surface area contributed by atoms with Gasteiger partial charge in [0.2, 0.25) is 5.91 Å². The van der Waals surface area contributed by atoms with E-state index in [0.29, 0.717) is 25.4 Å². The summed E-state index contributed by atoms with van der Waals surface area (Å²) in [6.45, 7) is 3.43. The van der Waals surface area contributed by atoms with Crippen LogP contribution in [0.25, 0.3) is 0 Å². The van der Waals surface area contributed by atoms with E-state index in [-0.39, 0.29) is 36.0 Å². The van der Waals surface area contributed by atoms with Crippen molar-refractivity contribution < 1.29 is 18.7 Å². The molecule has 8 heteroatoms. The van der Waals surface area contributed by atoms with Crippen LogP contribution in [0.3, 0.4) is 0 Å². The van der Waals surface area contributed by atoms with Crippen LogP contribution in [-0.4, -0.2) is 37.1 Å². The summed E-state index contributed by atoms with van der Waals surface area (Å²) < 4.78 is 18.7. The van der Waals surface area contributed by atoms with Crippen molar-refractivity contribution in [2.75, 3.05) is 18.5 Å². The third kappa shape index (κ3) is 5.76. The highest BCUT2D eigenvalue weighted by Gasteiger charge is 2.27. The maximum absolute atomic E-state index is 13.3. The van der Waals surface area contributed by atoms with Gasteiger partial charge < -0.3 is 20.7 Å². The maximum atomic E-state index is 13.3. The van der Waals surface area contributed by atoms with Crippen molar-refractivity contribution in [3.05, 3.63) is 65.5 Å². The second-order valence-corrected chi connectivity index (χ2v) is 6.39. The molecule has 0 unspecified atom stereocenters. The number of carbonyl (C=O) groups excluding carboxylic acids is 2. The predicted molar refractivity (Wildman–Crippen MR) is 107 cm³/mol. The Bertz CT molecular complexity index is 834. The van der Waals surface area contributed by atoms with Crippen LogP contribution >= 0.6 is 12.4 Å². The Morgan fingerprint density at radius 2 is 2.00 bits per heavy atom. The zero-order valence-electron chi connectivity index (χ0n) is 15.4. The second kappa shape index (κ2) is 10.2. The van der Waals surface area contributed by atoms with Crippen molar-refractivity contribution in [2.45, 2.75) is 25.6 Å². The lowest BCUT2D eigenvalue weighted by Crippen LogP contribution is -2.55. The standard InChI is InChI=1S/C20H22FN3O3.ClH/c1-13-18(22-8-9-27-13)20(26)23-12-14-4-2-7-17(10-14)24-19(25)15-5-3-6-16(21)11-15;/h2-7,10-11,13,18,22H,8-9,12H2,1H3,(H,23,26)(H,24,25);1H/t13-,18+;/m1./s1. The fourth-order valence-corrected chi connectivity index (χ4v) is 2.92. The van der Waals surface area contributed by atoms with Crippen LogP contribution < -0.4 is 16.0 Å². The van der Waals surface area contributed by atoms with Gasteiger partial charge >= 0.3 is 0 Å². The Hall–Kier alpha value is -2.48. The molecule has 150 valence electrons. The molecule has 2 amide bonds. The summed E-state index contributed by atoms with van der Waals surface area (Å²) in [7, 11) is 0. The molecule has 6 nitrogen and oxygen atoms in total. The van der Waals surface area contributed by atoms with E-state index in [0.717, 1.165) is 5.56 Å². The highest BCUT2D eigenvalue weighted by Crippen LogP contribution is 2.13. The molecule has 1 fully saturated rings. The first kappa shape index (κ1) is 21.8. The summed E-state index contributed by atoms with van der Waals surface area (Å²) >= 11 is 0. The third-order valence-electron chi connectivity index (χ3n) is 4.34.